The van der Waals surface area contributed by atoms with Gasteiger partial charge in [0.15, 0.2) is 5.60 Å². The first-order valence-electron chi connectivity index (χ1n) is 4.98. The molecule has 0 aliphatic heterocycles. The Morgan fingerprint density at radius 1 is 1.38 bits per heavy atom. The highest BCUT2D eigenvalue weighted by molar-refractivity contribution is 5.91. The SMILES string of the molecule is Cc1[nH]c2ccccc2c1C(C)(O)C(=O)O. The topological polar surface area (TPSA) is 73.3 Å². The van der Waals surface area contributed by atoms with Crippen LogP contribution in [0.3, 0.4) is 0 Å². The number of rotatable bonds is 2. The minimum absolute atomic E-state index is 0.426. The summed E-state index contributed by atoms with van der Waals surface area (Å²) in [6.45, 7) is 3.05. The third-order valence-electron chi connectivity index (χ3n) is 2.80. The summed E-state index contributed by atoms with van der Waals surface area (Å²) in [5.74, 6) is -1.25. The van der Waals surface area contributed by atoms with E-state index in [1.807, 2.05) is 18.2 Å². The van der Waals surface area contributed by atoms with Gasteiger partial charge in [-0.1, -0.05) is 18.2 Å². The van der Waals surface area contributed by atoms with Crippen molar-refractivity contribution in [3.63, 3.8) is 0 Å². The van der Waals surface area contributed by atoms with Crippen molar-refractivity contribution in [1.82, 2.24) is 4.98 Å². The monoisotopic (exact) mass is 219 g/mol. The molecule has 0 aliphatic carbocycles. The minimum Gasteiger partial charge on any atom is -0.479 e. The highest BCUT2D eigenvalue weighted by Crippen LogP contribution is 2.31. The molecule has 1 atom stereocenters. The average molecular weight is 219 g/mol. The third kappa shape index (κ3) is 1.39. The molecule has 1 aromatic carbocycles. The Balaban J connectivity index is 2.78. The lowest BCUT2D eigenvalue weighted by atomic mass is 9.93. The molecule has 0 saturated heterocycles. The zero-order chi connectivity index (χ0) is 11.9. The molecule has 1 unspecified atom stereocenters. The standard InChI is InChI=1S/C12H13NO3/c1-7-10(12(2,16)11(14)15)8-5-3-4-6-9(8)13-7/h3-6,13,16H,1-2H3,(H,14,15). The number of hydrogen-bond acceptors (Lipinski definition) is 2. The number of carboxylic acids is 1. The summed E-state index contributed by atoms with van der Waals surface area (Å²) in [4.78, 5) is 14.1. The molecule has 0 saturated carbocycles. The normalized spacial score (nSPS) is 14.9. The summed E-state index contributed by atoms with van der Waals surface area (Å²) < 4.78 is 0. The Kier molecular flexibility index (Phi) is 2.24. The summed E-state index contributed by atoms with van der Waals surface area (Å²) in [5, 5.41) is 19.8. The van der Waals surface area contributed by atoms with E-state index in [-0.39, 0.29) is 0 Å². The highest BCUT2D eigenvalue weighted by Gasteiger charge is 2.36. The number of H-pyrrole nitrogens is 1. The van der Waals surface area contributed by atoms with E-state index in [0.29, 0.717) is 11.3 Å². The van der Waals surface area contributed by atoms with Gasteiger partial charge in [0.2, 0.25) is 0 Å². The first-order valence-corrected chi connectivity index (χ1v) is 4.98. The van der Waals surface area contributed by atoms with Crippen LogP contribution in [0.1, 0.15) is 18.2 Å². The van der Waals surface area contributed by atoms with Gasteiger partial charge in [0.25, 0.3) is 0 Å². The van der Waals surface area contributed by atoms with Crippen molar-refractivity contribution in [1.29, 1.82) is 0 Å². The van der Waals surface area contributed by atoms with Gasteiger partial charge in [-0.25, -0.2) is 4.79 Å². The van der Waals surface area contributed by atoms with E-state index in [1.165, 1.54) is 6.92 Å². The molecule has 0 spiro atoms. The number of nitrogens with one attached hydrogen (secondary N) is 1. The fraction of sp³-hybridized carbons (Fsp3) is 0.250. The predicted molar refractivity (Wildman–Crippen MR) is 60.2 cm³/mol. The van der Waals surface area contributed by atoms with E-state index in [1.54, 1.807) is 13.0 Å². The maximum atomic E-state index is 11.1. The van der Waals surface area contributed by atoms with Gasteiger partial charge in [-0.15, -0.1) is 0 Å². The number of aliphatic carboxylic acids is 1. The van der Waals surface area contributed by atoms with Gasteiger partial charge >= 0.3 is 5.97 Å². The molecule has 84 valence electrons. The lowest BCUT2D eigenvalue weighted by Gasteiger charge is -2.18. The second-order valence-electron chi connectivity index (χ2n) is 4.05. The van der Waals surface area contributed by atoms with Crippen molar-refractivity contribution in [2.75, 3.05) is 0 Å². The van der Waals surface area contributed by atoms with E-state index in [2.05, 4.69) is 4.98 Å². The first-order chi connectivity index (χ1) is 7.44. The van der Waals surface area contributed by atoms with Crippen LogP contribution in [-0.4, -0.2) is 21.2 Å². The maximum Gasteiger partial charge on any atom is 0.340 e. The zero-order valence-corrected chi connectivity index (χ0v) is 9.11. The van der Waals surface area contributed by atoms with Gasteiger partial charge in [-0.05, 0) is 19.9 Å². The first kappa shape index (κ1) is 10.7. The van der Waals surface area contributed by atoms with Crippen LogP contribution in [0.2, 0.25) is 0 Å². The summed E-state index contributed by atoms with van der Waals surface area (Å²) >= 11 is 0. The lowest BCUT2D eigenvalue weighted by molar-refractivity contribution is -0.157. The molecule has 3 N–H and O–H groups in total. The van der Waals surface area contributed by atoms with Gasteiger partial charge in [-0.2, -0.15) is 0 Å². The van der Waals surface area contributed by atoms with Crippen LogP contribution >= 0.6 is 0 Å². The molecular weight excluding hydrogens is 206 g/mol. The molecule has 0 radical (unpaired) electrons. The number of carboxylic acid groups (broad SMARTS) is 1. The van der Waals surface area contributed by atoms with Crippen molar-refractivity contribution in [3.8, 4) is 0 Å². The molecule has 2 aromatic rings. The molecule has 2 rings (SSSR count). The molecule has 1 heterocycles. The van der Waals surface area contributed by atoms with Gasteiger partial charge in [0.1, 0.15) is 0 Å². The Morgan fingerprint density at radius 3 is 2.62 bits per heavy atom. The maximum absolute atomic E-state index is 11.1. The largest absolute Gasteiger partial charge is 0.479 e. The van der Waals surface area contributed by atoms with Crippen LogP contribution < -0.4 is 0 Å². The van der Waals surface area contributed by atoms with Crippen molar-refractivity contribution in [3.05, 3.63) is 35.5 Å². The quantitative estimate of drug-likeness (QED) is 0.720. The second-order valence-corrected chi connectivity index (χ2v) is 4.05. The predicted octanol–water partition coefficient (Wildman–Crippen LogP) is 1.77. The van der Waals surface area contributed by atoms with Crippen LogP contribution in [0.15, 0.2) is 24.3 Å². The third-order valence-corrected chi connectivity index (χ3v) is 2.80. The number of fused-ring (bicyclic) bond motifs is 1. The number of para-hydroxylation sites is 1. The van der Waals surface area contributed by atoms with Gasteiger partial charge in [0.05, 0.1) is 0 Å². The molecule has 4 nitrogen and oxygen atoms in total. The smallest absolute Gasteiger partial charge is 0.340 e. The minimum atomic E-state index is -1.87. The zero-order valence-electron chi connectivity index (χ0n) is 9.11. The van der Waals surface area contributed by atoms with Crippen molar-refractivity contribution < 1.29 is 15.0 Å². The van der Waals surface area contributed by atoms with Gasteiger partial charge < -0.3 is 15.2 Å². The average Bonchev–Trinajstić information content (AvgIpc) is 2.53. The number of aliphatic hydroxyl groups is 1. The number of carbonyl (C=O) groups is 1. The highest BCUT2D eigenvalue weighted by atomic mass is 16.4. The summed E-state index contributed by atoms with van der Waals surface area (Å²) in [6, 6.07) is 7.32. The van der Waals surface area contributed by atoms with E-state index >= 15 is 0 Å². The van der Waals surface area contributed by atoms with Crippen LogP contribution in [-0.2, 0) is 10.4 Å². The Labute approximate surface area is 92.5 Å². The molecule has 0 amide bonds. The van der Waals surface area contributed by atoms with E-state index in [4.69, 9.17) is 5.11 Å². The molecule has 0 fully saturated rings. The van der Waals surface area contributed by atoms with Crippen molar-refractivity contribution in [2.45, 2.75) is 19.4 Å². The van der Waals surface area contributed by atoms with E-state index < -0.39 is 11.6 Å². The molecule has 0 bridgehead atoms. The Bertz CT molecular complexity index is 554. The van der Waals surface area contributed by atoms with E-state index in [0.717, 1.165) is 10.9 Å². The van der Waals surface area contributed by atoms with Crippen molar-refractivity contribution >= 4 is 16.9 Å². The summed E-state index contributed by atoms with van der Waals surface area (Å²) in [7, 11) is 0. The molecular formula is C12H13NO3. The molecule has 4 heteroatoms. The molecule has 16 heavy (non-hydrogen) atoms. The fourth-order valence-corrected chi connectivity index (χ4v) is 2.01. The van der Waals surface area contributed by atoms with Gasteiger partial charge in [-0.3, -0.25) is 0 Å². The number of aryl methyl sites for hydroxylation is 1. The Hall–Kier alpha value is -1.81. The van der Waals surface area contributed by atoms with Gasteiger partial charge in [0, 0.05) is 22.2 Å². The van der Waals surface area contributed by atoms with Crippen LogP contribution in [0.4, 0.5) is 0 Å². The second kappa shape index (κ2) is 3.35. The summed E-state index contributed by atoms with van der Waals surface area (Å²) in [6.07, 6.45) is 0. The van der Waals surface area contributed by atoms with Crippen LogP contribution in [0, 0.1) is 6.92 Å². The lowest BCUT2D eigenvalue weighted by Crippen LogP contribution is -2.32. The fourth-order valence-electron chi connectivity index (χ4n) is 2.01. The molecule has 1 aromatic heterocycles. The number of aromatic amines is 1. The van der Waals surface area contributed by atoms with Crippen molar-refractivity contribution in [2.24, 2.45) is 0 Å². The van der Waals surface area contributed by atoms with E-state index in [9.17, 15) is 9.90 Å². The van der Waals surface area contributed by atoms with Crippen LogP contribution in [0.25, 0.3) is 10.9 Å². The number of benzene rings is 1. The Morgan fingerprint density at radius 2 is 2.00 bits per heavy atom. The number of hydrogen-bond donors (Lipinski definition) is 3. The number of aromatic nitrogens is 1. The van der Waals surface area contributed by atoms with Crippen LogP contribution in [0.5, 0.6) is 0 Å². The molecule has 0 aliphatic rings. The summed E-state index contributed by atoms with van der Waals surface area (Å²) in [5.41, 5.74) is 0.0599.